The van der Waals surface area contributed by atoms with Crippen molar-refractivity contribution in [3.05, 3.63) is 35.4 Å². The van der Waals surface area contributed by atoms with Crippen LogP contribution >= 0.6 is 0 Å². The topological polar surface area (TPSA) is 61.9 Å². The average molecular weight is 319 g/mol. The average Bonchev–Trinajstić information content (AvgIpc) is 2.87. The van der Waals surface area contributed by atoms with Crippen molar-refractivity contribution in [3.63, 3.8) is 0 Å². The second kappa shape index (κ2) is 8.53. The van der Waals surface area contributed by atoms with E-state index in [0.29, 0.717) is 32.8 Å². The molecule has 0 aliphatic carbocycles. The molecule has 6 heteroatoms. The molecule has 0 aromatic heterocycles. The predicted octanol–water partition coefficient (Wildman–Crippen LogP) is 1.39. The Hall–Kier alpha value is -2.08. The lowest BCUT2D eigenvalue weighted by Crippen LogP contribution is -2.40. The van der Waals surface area contributed by atoms with Crippen molar-refractivity contribution in [1.29, 1.82) is 0 Å². The zero-order chi connectivity index (χ0) is 16.7. The summed E-state index contributed by atoms with van der Waals surface area (Å²) in [6, 6.07) is 7.98. The van der Waals surface area contributed by atoms with Crippen molar-refractivity contribution in [1.82, 2.24) is 15.1 Å². The number of ether oxygens (including phenoxy) is 1. The van der Waals surface area contributed by atoms with Crippen LogP contribution in [-0.2, 0) is 16.1 Å². The Balaban J connectivity index is 1.80. The van der Waals surface area contributed by atoms with Gasteiger partial charge in [0.15, 0.2) is 0 Å². The molecule has 23 heavy (non-hydrogen) atoms. The number of methoxy groups -OCH3 is 1. The molecule has 6 nitrogen and oxygen atoms in total. The summed E-state index contributed by atoms with van der Waals surface area (Å²) in [7, 11) is 1.63. The Morgan fingerprint density at radius 1 is 1.26 bits per heavy atom. The molecule has 0 radical (unpaired) electrons. The highest BCUT2D eigenvalue weighted by molar-refractivity contribution is 5.85. The molecule has 1 aromatic carbocycles. The highest BCUT2D eigenvalue weighted by Crippen LogP contribution is 2.15. The largest absolute Gasteiger partial charge is 0.385 e. The van der Waals surface area contributed by atoms with Gasteiger partial charge >= 0.3 is 6.03 Å². The van der Waals surface area contributed by atoms with Crippen molar-refractivity contribution in [2.24, 2.45) is 0 Å². The number of nitrogens with one attached hydrogen (secondary N) is 1. The number of rotatable bonds is 8. The van der Waals surface area contributed by atoms with Gasteiger partial charge in [0, 0.05) is 39.9 Å². The maximum atomic E-state index is 12.4. The highest BCUT2D eigenvalue weighted by atomic mass is 16.5. The van der Waals surface area contributed by atoms with E-state index >= 15 is 0 Å². The van der Waals surface area contributed by atoms with E-state index in [1.807, 2.05) is 31.2 Å². The molecule has 0 spiro atoms. The summed E-state index contributed by atoms with van der Waals surface area (Å²) < 4.78 is 4.93. The zero-order valence-electron chi connectivity index (χ0n) is 13.9. The van der Waals surface area contributed by atoms with Gasteiger partial charge in [-0.2, -0.15) is 0 Å². The van der Waals surface area contributed by atoms with Crippen LogP contribution in [0.5, 0.6) is 0 Å². The molecule has 0 unspecified atom stereocenters. The van der Waals surface area contributed by atoms with Crippen molar-refractivity contribution in [3.8, 4) is 0 Å². The Kier molecular flexibility index (Phi) is 6.40. The molecule has 0 atom stereocenters. The first-order valence-electron chi connectivity index (χ1n) is 7.96. The fourth-order valence-corrected chi connectivity index (χ4v) is 2.59. The number of urea groups is 1. The standard InChI is InChI=1S/C17H25N3O3/c1-14-6-3-4-7-15(14)12-19-9-10-20(17(19)22)13-16(21)18-8-5-11-23-2/h3-4,6-7H,5,8-13H2,1-2H3,(H,18,21). The van der Waals surface area contributed by atoms with Crippen LogP contribution in [0.3, 0.4) is 0 Å². The number of carbonyl (C=O) groups is 2. The van der Waals surface area contributed by atoms with E-state index in [9.17, 15) is 9.59 Å². The Morgan fingerprint density at radius 3 is 2.74 bits per heavy atom. The van der Waals surface area contributed by atoms with Crippen molar-refractivity contribution in [2.75, 3.05) is 39.9 Å². The fraction of sp³-hybridized carbons (Fsp3) is 0.529. The van der Waals surface area contributed by atoms with E-state index in [1.54, 1.807) is 16.9 Å². The van der Waals surface area contributed by atoms with Crippen LogP contribution in [0.2, 0.25) is 0 Å². The number of amides is 3. The number of benzene rings is 1. The van der Waals surface area contributed by atoms with Gasteiger partial charge in [0.1, 0.15) is 6.54 Å². The summed E-state index contributed by atoms with van der Waals surface area (Å²) in [6.07, 6.45) is 0.773. The summed E-state index contributed by atoms with van der Waals surface area (Å²) in [6.45, 7) is 5.20. The van der Waals surface area contributed by atoms with Gasteiger partial charge in [-0.25, -0.2) is 4.79 Å². The Morgan fingerprint density at radius 2 is 2.00 bits per heavy atom. The first-order chi connectivity index (χ1) is 11.1. The molecule has 1 N–H and O–H groups in total. The van der Waals surface area contributed by atoms with Crippen LogP contribution < -0.4 is 5.32 Å². The number of carbonyl (C=O) groups excluding carboxylic acids is 2. The van der Waals surface area contributed by atoms with Crippen LogP contribution in [0.4, 0.5) is 4.79 Å². The molecule has 1 heterocycles. The third kappa shape index (κ3) is 4.96. The molecular formula is C17H25N3O3. The first kappa shape index (κ1) is 17.3. The summed E-state index contributed by atoms with van der Waals surface area (Å²) >= 11 is 0. The lowest BCUT2D eigenvalue weighted by Gasteiger charge is -2.19. The second-order valence-corrected chi connectivity index (χ2v) is 5.75. The molecule has 0 bridgehead atoms. The molecule has 1 fully saturated rings. The van der Waals surface area contributed by atoms with Crippen molar-refractivity contribution >= 4 is 11.9 Å². The van der Waals surface area contributed by atoms with Crippen molar-refractivity contribution < 1.29 is 14.3 Å². The molecule has 1 aliphatic rings. The number of hydrogen-bond acceptors (Lipinski definition) is 3. The summed E-state index contributed by atoms with van der Waals surface area (Å²) in [4.78, 5) is 27.6. The molecule has 3 amide bonds. The third-order valence-corrected chi connectivity index (χ3v) is 3.99. The number of aryl methyl sites for hydroxylation is 1. The Bertz CT molecular complexity index is 548. The second-order valence-electron chi connectivity index (χ2n) is 5.75. The van der Waals surface area contributed by atoms with Gasteiger partial charge in [-0.3, -0.25) is 4.79 Å². The molecule has 1 saturated heterocycles. The van der Waals surface area contributed by atoms with E-state index in [-0.39, 0.29) is 18.5 Å². The molecule has 126 valence electrons. The maximum absolute atomic E-state index is 12.4. The van der Waals surface area contributed by atoms with E-state index in [2.05, 4.69) is 5.32 Å². The SMILES string of the molecule is COCCCNC(=O)CN1CCN(Cc2ccccc2C)C1=O. The lowest BCUT2D eigenvalue weighted by atomic mass is 10.1. The molecule has 1 aliphatic heterocycles. The highest BCUT2D eigenvalue weighted by Gasteiger charge is 2.29. The number of nitrogens with zero attached hydrogens (tertiary/aromatic N) is 2. The molecule has 0 saturated carbocycles. The predicted molar refractivity (Wildman–Crippen MR) is 88.1 cm³/mol. The Labute approximate surface area is 137 Å². The van der Waals surface area contributed by atoms with Crippen LogP contribution in [0, 0.1) is 6.92 Å². The zero-order valence-corrected chi connectivity index (χ0v) is 13.9. The maximum Gasteiger partial charge on any atom is 0.320 e. The van der Waals surface area contributed by atoms with Crippen LogP contribution in [0.25, 0.3) is 0 Å². The van der Waals surface area contributed by atoms with E-state index in [0.717, 1.165) is 12.0 Å². The van der Waals surface area contributed by atoms with Crippen LogP contribution in [0.1, 0.15) is 17.5 Å². The lowest BCUT2D eigenvalue weighted by molar-refractivity contribution is -0.121. The minimum absolute atomic E-state index is 0.0692. The fourth-order valence-electron chi connectivity index (χ4n) is 2.59. The quantitative estimate of drug-likeness (QED) is 0.737. The van der Waals surface area contributed by atoms with Crippen LogP contribution in [0.15, 0.2) is 24.3 Å². The van der Waals surface area contributed by atoms with Gasteiger partial charge in [0.05, 0.1) is 0 Å². The van der Waals surface area contributed by atoms with E-state index < -0.39 is 0 Å². The smallest absolute Gasteiger partial charge is 0.320 e. The summed E-state index contributed by atoms with van der Waals surface area (Å²) in [5.74, 6) is -0.118. The number of hydrogen-bond donors (Lipinski definition) is 1. The van der Waals surface area contributed by atoms with Crippen LogP contribution in [-0.4, -0.2) is 61.6 Å². The van der Waals surface area contributed by atoms with E-state index in [4.69, 9.17) is 4.74 Å². The molecular weight excluding hydrogens is 294 g/mol. The summed E-state index contributed by atoms with van der Waals surface area (Å²) in [5, 5.41) is 2.81. The van der Waals surface area contributed by atoms with E-state index in [1.165, 1.54) is 5.56 Å². The summed E-state index contributed by atoms with van der Waals surface area (Å²) in [5.41, 5.74) is 2.32. The van der Waals surface area contributed by atoms with Gasteiger partial charge in [-0.15, -0.1) is 0 Å². The van der Waals surface area contributed by atoms with Gasteiger partial charge in [0.25, 0.3) is 0 Å². The van der Waals surface area contributed by atoms with Gasteiger partial charge in [-0.05, 0) is 24.5 Å². The minimum atomic E-state index is -0.118. The van der Waals surface area contributed by atoms with Crippen molar-refractivity contribution in [2.45, 2.75) is 19.9 Å². The normalized spacial score (nSPS) is 14.4. The van der Waals surface area contributed by atoms with Gasteiger partial charge < -0.3 is 19.9 Å². The third-order valence-electron chi connectivity index (χ3n) is 3.99. The monoisotopic (exact) mass is 319 g/mol. The van der Waals surface area contributed by atoms with Gasteiger partial charge in [-0.1, -0.05) is 24.3 Å². The molecule has 2 rings (SSSR count). The first-order valence-corrected chi connectivity index (χ1v) is 7.96. The van der Waals surface area contributed by atoms with Gasteiger partial charge in [0.2, 0.25) is 5.91 Å². The minimum Gasteiger partial charge on any atom is -0.385 e. The molecule has 1 aromatic rings.